The normalized spacial score (nSPS) is 19.4. The van der Waals surface area contributed by atoms with Gasteiger partial charge in [-0.3, -0.25) is 4.90 Å². The number of rotatable bonds is 4. The molecule has 0 amide bonds. The third-order valence-corrected chi connectivity index (χ3v) is 4.25. The van der Waals surface area contributed by atoms with Crippen LogP contribution in [0, 0.1) is 0 Å². The molecule has 1 aromatic carbocycles. The van der Waals surface area contributed by atoms with Crippen molar-refractivity contribution in [2.45, 2.75) is 32.2 Å². The van der Waals surface area contributed by atoms with Crippen LogP contribution in [0.1, 0.15) is 37.9 Å². The molecule has 1 aromatic rings. The van der Waals surface area contributed by atoms with Crippen molar-refractivity contribution < 1.29 is 5.11 Å². The number of aliphatic hydroxyl groups excluding tert-OH is 1. The van der Waals surface area contributed by atoms with E-state index in [0.29, 0.717) is 6.04 Å². The second kappa shape index (κ2) is 6.04. The van der Waals surface area contributed by atoms with Gasteiger partial charge in [0.1, 0.15) is 0 Å². The fraction of sp³-hybridized carbons (Fsp3) is 0.625. The Morgan fingerprint density at radius 2 is 2.00 bits per heavy atom. The molecule has 3 nitrogen and oxygen atoms in total. The average Bonchev–Trinajstić information content (AvgIpc) is 2.47. The topological polar surface area (TPSA) is 35.5 Å². The van der Waals surface area contributed by atoms with Gasteiger partial charge in [0, 0.05) is 37.6 Å². The van der Waals surface area contributed by atoms with E-state index in [1.54, 1.807) is 0 Å². The first-order valence-electron chi connectivity index (χ1n) is 7.20. The van der Waals surface area contributed by atoms with Gasteiger partial charge < -0.3 is 10.4 Å². The summed E-state index contributed by atoms with van der Waals surface area (Å²) >= 11 is 0. The molecule has 1 unspecified atom stereocenters. The van der Waals surface area contributed by atoms with Crippen molar-refractivity contribution in [3.8, 4) is 0 Å². The molecule has 2 N–H and O–H groups in total. The second-order valence-corrected chi connectivity index (χ2v) is 6.13. The van der Waals surface area contributed by atoms with E-state index < -0.39 is 0 Å². The molecule has 1 fully saturated rings. The minimum absolute atomic E-state index is 0.167. The maximum atomic E-state index is 9.51. The summed E-state index contributed by atoms with van der Waals surface area (Å²) in [7, 11) is 0. The Labute approximate surface area is 116 Å². The first kappa shape index (κ1) is 14.5. The molecule has 106 valence electrons. The first-order chi connectivity index (χ1) is 9.04. The van der Waals surface area contributed by atoms with Crippen LogP contribution in [0.3, 0.4) is 0 Å². The van der Waals surface area contributed by atoms with Gasteiger partial charge in [-0.25, -0.2) is 0 Å². The molecule has 0 aromatic heterocycles. The van der Waals surface area contributed by atoms with Crippen molar-refractivity contribution in [3.05, 3.63) is 35.4 Å². The van der Waals surface area contributed by atoms with E-state index in [1.165, 1.54) is 11.1 Å². The molecule has 0 radical (unpaired) electrons. The highest BCUT2D eigenvalue weighted by Gasteiger charge is 2.22. The molecule has 2 rings (SSSR count). The minimum Gasteiger partial charge on any atom is -0.395 e. The zero-order valence-electron chi connectivity index (χ0n) is 12.3. The van der Waals surface area contributed by atoms with Gasteiger partial charge in [0.2, 0.25) is 0 Å². The number of nitrogens with zero attached hydrogens (tertiary/aromatic N) is 1. The number of aliphatic hydroxyl groups is 1. The molecule has 19 heavy (non-hydrogen) atoms. The van der Waals surface area contributed by atoms with E-state index in [4.69, 9.17) is 0 Å². The lowest BCUT2D eigenvalue weighted by atomic mass is 9.84. The van der Waals surface area contributed by atoms with Crippen LogP contribution in [0.4, 0.5) is 0 Å². The van der Waals surface area contributed by atoms with Gasteiger partial charge in [0.15, 0.2) is 0 Å². The van der Waals surface area contributed by atoms with Gasteiger partial charge in [0.05, 0.1) is 6.61 Å². The van der Waals surface area contributed by atoms with Gasteiger partial charge in [-0.15, -0.1) is 0 Å². The molecule has 0 spiro atoms. The SMILES string of the molecule is CC(c1cccc(C(C)(C)CO)c1)N1CCNCC1. The van der Waals surface area contributed by atoms with Crippen LogP contribution in [0.2, 0.25) is 0 Å². The number of nitrogens with one attached hydrogen (secondary N) is 1. The molecular formula is C16H26N2O. The monoisotopic (exact) mass is 262 g/mol. The summed E-state index contributed by atoms with van der Waals surface area (Å²) in [5, 5.41) is 12.9. The molecule has 1 atom stereocenters. The quantitative estimate of drug-likeness (QED) is 0.870. The molecule has 0 bridgehead atoms. The minimum atomic E-state index is -0.167. The van der Waals surface area contributed by atoms with E-state index in [-0.39, 0.29) is 12.0 Å². The molecule has 3 heteroatoms. The Morgan fingerprint density at radius 3 is 2.63 bits per heavy atom. The van der Waals surface area contributed by atoms with Crippen LogP contribution >= 0.6 is 0 Å². The van der Waals surface area contributed by atoms with Crippen molar-refractivity contribution >= 4 is 0 Å². The van der Waals surface area contributed by atoms with E-state index in [2.05, 4.69) is 55.3 Å². The Morgan fingerprint density at radius 1 is 1.32 bits per heavy atom. The third kappa shape index (κ3) is 3.35. The molecule has 1 heterocycles. The zero-order valence-corrected chi connectivity index (χ0v) is 12.3. The van der Waals surface area contributed by atoms with E-state index in [0.717, 1.165) is 26.2 Å². The highest BCUT2D eigenvalue weighted by molar-refractivity contribution is 5.31. The summed E-state index contributed by atoms with van der Waals surface area (Å²) in [4.78, 5) is 2.52. The first-order valence-corrected chi connectivity index (χ1v) is 7.20. The van der Waals surface area contributed by atoms with Crippen LogP contribution in [-0.2, 0) is 5.41 Å². The van der Waals surface area contributed by atoms with Gasteiger partial charge in [-0.1, -0.05) is 38.1 Å². The number of benzene rings is 1. The predicted molar refractivity (Wildman–Crippen MR) is 79.4 cm³/mol. The maximum absolute atomic E-state index is 9.51. The van der Waals surface area contributed by atoms with Crippen LogP contribution in [0.15, 0.2) is 24.3 Å². The maximum Gasteiger partial charge on any atom is 0.0522 e. The highest BCUT2D eigenvalue weighted by atomic mass is 16.3. The third-order valence-electron chi connectivity index (χ3n) is 4.25. The summed E-state index contributed by atoms with van der Waals surface area (Å²) in [6.07, 6.45) is 0. The fourth-order valence-electron chi connectivity index (χ4n) is 2.59. The highest BCUT2D eigenvalue weighted by Crippen LogP contribution is 2.27. The lowest BCUT2D eigenvalue weighted by Crippen LogP contribution is -2.44. The van der Waals surface area contributed by atoms with Crippen molar-refractivity contribution in [2.75, 3.05) is 32.8 Å². The summed E-state index contributed by atoms with van der Waals surface area (Å²) in [6.45, 7) is 11.0. The molecule has 0 aliphatic carbocycles. The number of hydrogen-bond donors (Lipinski definition) is 2. The zero-order chi connectivity index (χ0) is 13.9. The molecule has 1 aliphatic heterocycles. The van der Waals surface area contributed by atoms with Gasteiger partial charge >= 0.3 is 0 Å². The van der Waals surface area contributed by atoms with Crippen molar-refractivity contribution in [3.63, 3.8) is 0 Å². The Bertz CT molecular complexity index is 411. The lowest BCUT2D eigenvalue weighted by molar-refractivity contribution is 0.185. The van der Waals surface area contributed by atoms with Crippen molar-refractivity contribution in [2.24, 2.45) is 0 Å². The van der Waals surface area contributed by atoms with Crippen LogP contribution < -0.4 is 5.32 Å². The number of hydrogen-bond acceptors (Lipinski definition) is 3. The second-order valence-electron chi connectivity index (χ2n) is 6.13. The Kier molecular flexibility index (Phi) is 4.61. The largest absolute Gasteiger partial charge is 0.395 e. The van der Waals surface area contributed by atoms with Gasteiger partial charge in [-0.2, -0.15) is 0 Å². The summed E-state index contributed by atoms with van der Waals surface area (Å²) < 4.78 is 0. The van der Waals surface area contributed by atoms with Crippen LogP contribution in [0.5, 0.6) is 0 Å². The summed E-state index contributed by atoms with van der Waals surface area (Å²) in [5.74, 6) is 0. The molecule has 1 aliphatic rings. The molecular weight excluding hydrogens is 236 g/mol. The van der Waals surface area contributed by atoms with Crippen LogP contribution in [-0.4, -0.2) is 42.8 Å². The lowest BCUT2D eigenvalue weighted by Gasteiger charge is -2.33. The average molecular weight is 262 g/mol. The predicted octanol–water partition coefficient (Wildman–Crippen LogP) is 1.92. The van der Waals surface area contributed by atoms with Crippen molar-refractivity contribution in [1.82, 2.24) is 10.2 Å². The molecule has 0 saturated carbocycles. The Hall–Kier alpha value is -0.900. The van der Waals surface area contributed by atoms with E-state index >= 15 is 0 Å². The summed E-state index contributed by atoms with van der Waals surface area (Å²) in [6, 6.07) is 9.12. The van der Waals surface area contributed by atoms with Gasteiger partial charge in [-0.05, 0) is 18.1 Å². The van der Waals surface area contributed by atoms with Crippen molar-refractivity contribution in [1.29, 1.82) is 0 Å². The fourth-order valence-corrected chi connectivity index (χ4v) is 2.59. The van der Waals surface area contributed by atoms with Gasteiger partial charge in [0.25, 0.3) is 0 Å². The van der Waals surface area contributed by atoms with Crippen LogP contribution in [0.25, 0.3) is 0 Å². The number of piperazine rings is 1. The Balaban J connectivity index is 2.18. The standard InChI is InChI=1S/C16H26N2O/c1-13(18-9-7-17-8-10-18)14-5-4-6-15(11-14)16(2,3)12-19/h4-6,11,13,17,19H,7-10,12H2,1-3H3. The smallest absolute Gasteiger partial charge is 0.0522 e. The molecule has 1 saturated heterocycles. The summed E-state index contributed by atoms with van der Waals surface area (Å²) in [5.41, 5.74) is 2.40. The van der Waals surface area contributed by atoms with E-state index in [9.17, 15) is 5.11 Å². The van der Waals surface area contributed by atoms with E-state index in [1.807, 2.05) is 0 Å².